The van der Waals surface area contributed by atoms with Crippen LogP contribution in [-0.4, -0.2) is 24.7 Å². The molecule has 1 aliphatic rings. The molecule has 1 aromatic rings. The van der Waals surface area contributed by atoms with Gasteiger partial charge in [-0.15, -0.1) is 0 Å². The lowest BCUT2D eigenvalue weighted by molar-refractivity contribution is 0.531. The summed E-state index contributed by atoms with van der Waals surface area (Å²) in [6, 6.07) is 0.174. The molecule has 1 aliphatic carbocycles. The van der Waals surface area contributed by atoms with Gasteiger partial charge in [0, 0.05) is 18.8 Å². The maximum absolute atomic E-state index is 11.8. The highest BCUT2D eigenvalue weighted by Crippen LogP contribution is 2.28. The van der Waals surface area contributed by atoms with Gasteiger partial charge in [-0.05, 0) is 32.6 Å². The number of sulfonamides is 1. The Balaban J connectivity index is 2.08. The largest absolute Gasteiger partial charge is 0.269 e. The minimum absolute atomic E-state index is 0.174. The van der Waals surface area contributed by atoms with E-state index in [1.807, 2.05) is 13.8 Å². The Morgan fingerprint density at radius 2 is 2.25 bits per heavy atom. The second-order valence-electron chi connectivity index (χ2n) is 4.55. The second kappa shape index (κ2) is 4.18. The zero-order valence-electron chi connectivity index (χ0n) is 9.55. The van der Waals surface area contributed by atoms with Crippen molar-refractivity contribution in [2.75, 3.05) is 6.54 Å². The van der Waals surface area contributed by atoms with Crippen LogP contribution in [0.1, 0.15) is 32.7 Å². The minimum atomic E-state index is -3.36. The fraction of sp³-hybridized carbons (Fsp3) is 0.700. The van der Waals surface area contributed by atoms with E-state index in [-0.39, 0.29) is 10.9 Å². The lowest BCUT2D eigenvalue weighted by atomic mass is 10.4. The zero-order chi connectivity index (χ0) is 11.8. The lowest BCUT2D eigenvalue weighted by Gasteiger charge is -2.04. The van der Waals surface area contributed by atoms with Crippen LogP contribution >= 0.6 is 0 Å². The van der Waals surface area contributed by atoms with Crippen molar-refractivity contribution in [3.05, 3.63) is 12.4 Å². The van der Waals surface area contributed by atoms with Gasteiger partial charge in [-0.3, -0.25) is 4.68 Å². The van der Waals surface area contributed by atoms with E-state index in [0.29, 0.717) is 12.5 Å². The summed E-state index contributed by atoms with van der Waals surface area (Å²) in [5.41, 5.74) is 0. The van der Waals surface area contributed by atoms with Gasteiger partial charge in [-0.1, -0.05) is 0 Å². The van der Waals surface area contributed by atoms with Crippen molar-refractivity contribution in [1.82, 2.24) is 14.5 Å². The summed E-state index contributed by atoms with van der Waals surface area (Å²) in [4.78, 5) is 0.252. The highest BCUT2D eigenvalue weighted by atomic mass is 32.2. The van der Waals surface area contributed by atoms with E-state index in [1.165, 1.54) is 6.20 Å². The maximum Gasteiger partial charge on any atom is 0.243 e. The van der Waals surface area contributed by atoms with E-state index in [1.54, 1.807) is 10.9 Å². The molecule has 0 saturated heterocycles. The molecule has 16 heavy (non-hydrogen) atoms. The normalized spacial score (nSPS) is 16.9. The highest BCUT2D eigenvalue weighted by Gasteiger charge is 2.25. The Morgan fingerprint density at radius 3 is 2.75 bits per heavy atom. The van der Waals surface area contributed by atoms with Gasteiger partial charge in [0.2, 0.25) is 10.0 Å². The smallest absolute Gasteiger partial charge is 0.243 e. The molecule has 1 saturated carbocycles. The summed E-state index contributed by atoms with van der Waals surface area (Å²) in [7, 11) is -3.36. The number of aromatic nitrogens is 2. The van der Waals surface area contributed by atoms with Gasteiger partial charge < -0.3 is 0 Å². The zero-order valence-corrected chi connectivity index (χ0v) is 10.4. The molecular formula is C10H17N3O2S. The van der Waals surface area contributed by atoms with E-state index in [0.717, 1.165) is 12.8 Å². The van der Waals surface area contributed by atoms with Crippen LogP contribution in [0.2, 0.25) is 0 Å². The standard InChI is InChI=1S/C10H17N3O2S/c1-8(2)13-7-10(6-11-13)16(14,15)12-5-9-3-4-9/h6-9,12H,3-5H2,1-2H3. The van der Waals surface area contributed by atoms with Crippen LogP contribution in [0.25, 0.3) is 0 Å². The molecule has 0 aromatic carbocycles. The summed E-state index contributed by atoms with van der Waals surface area (Å²) < 4.78 is 27.9. The first-order valence-corrected chi connectivity index (χ1v) is 7.01. The number of rotatable bonds is 5. The van der Waals surface area contributed by atoms with Crippen LogP contribution in [0.4, 0.5) is 0 Å². The number of hydrogen-bond donors (Lipinski definition) is 1. The Morgan fingerprint density at radius 1 is 1.56 bits per heavy atom. The molecule has 1 fully saturated rings. The van der Waals surface area contributed by atoms with E-state index in [2.05, 4.69) is 9.82 Å². The molecule has 0 amide bonds. The topological polar surface area (TPSA) is 64.0 Å². The van der Waals surface area contributed by atoms with Gasteiger partial charge in [0.05, 0.1) is 6.20 Å². The van der Waals surface area contributed by atoms with Crippen LogP contribution in [-0.2, 0) is 10.0 Å². The Kier molecular flexibility index (Phi) is 3.03. The van der Waals surface area contributed by atoms with Gasteiger partial charge in [0.15, 0.2) is 0 Å². The van der Waals surface area contributed by atoms with Crippen molar-refractivity contribution >= 4 is 10.0 Å². The molecule has 1 heterocycles. The predicted octanol–water partition coefficient (Wildman–Crippen LogP) is 1.15. The summed E-state index contributed by atoms with van der Waals surface area (Å²) >= 11 is 0. The first-order chi connectivity index (χ1) is 7.49. The molecule has 0 bridgehead atoms. The van der Waals surface area contributed by atoms with Crippen LogP contribution in [0.5, 0.6) is 0 Å². The average Bonchev–Trinajstić information content (AvgIpc) is 2.89. The third kappa shape index (κ3) is 2.62. The Bertz CT molecular complexity index is 460. The van der Waals surface area contributed by atoms with Gasteiger partial charge in [-0.25, -0.2) is 13.1 Å². The van der Waals surface area contributed by atoms with Crippen LogP contribution in [0.3, 0.4) is 0 Å². The van der Waals surface area contributed by atoms with Crippen molar-refractivity contribution < 1.29 is 8.42 Å². The molecule has 0 atom stereocenters. The fourth-order valence-corrected chi connectivity index (χ4v) is 2.43. The number of hydrogen-bond acceptors (Lipinski definition) is 3. The van der Waals surface area contributed by atoms with Crippen LogP contribution < -0.4 is 4.72 Å². The molecule has 1 N–H and O–H groups in total. The fourth-order valence-electron chi connectivity index (χ4n) is 1.37. The van der Waals surface area contributed by atoms with Crippen molar-refractivity contribution in [1.29, 1.82) is 0 Å². The van der Waals surface area contributed by atoms with E-state index < -0.39 is 10.0 Å². The van der Waals surface area contributed by atoms with Gasteiger partial charge >= 0.3 is 0 Å². The van der Waals surface area contributed by atoms with Crippen molar-refractivity contribution in [2.24, 2.45) is 5.92 Å². The van der Waals surface area contributed by atoms with Crippen molar-refractivity contribution in [2.45, 2.75) is 37.6 Å². The molecule has 90 valence electrons. The van der Waals surface area contributed by atoms with E-state index in [9.17, 15) is 8.42 Å². The molecule has 0 spiro atoms. The predicted molar refractivity (Wildman–Crippen MR) is 60.5 cm³/mol. The van der Waals surface area contributed by atoms with Gasteiger partial charge in [-0.2, -0.15) is 5.10 Å². The van der Waals surface area contributed by atoms with Gasteiger partial charge in [0.1, 0.15) is 4.90 Å². The van der Waals surface area contributed by atoms with E-state index in [4.69, 9.17) is 0 Å². The highest BCUT2D eigenvalue weighted by molar-refractivity contribution is 7.89. The van der Waals surface area contributed by atoms with Crippen molar-refractivity contribution in [3.63, 3.8) is 0 Å². The minimum Gasteiger partial charge on any atom is -0.269 e. The second-order valence-corrected chi connectivity index (χ2v) is 6.31. The van der Waals surface area contributed by atoms with Crippen molar-refractivity contribution in [3.8, 4) is 0 Å². The SMILES string of the molecule is CC(C)n1cc(S(=O)(=O)NCC2CC2)cn1. The molecule has 6 heteroatoms. The first kappa shape index (κ1) is 11.6. The Labute approximate surface area is 95.9 Å². The summed E-state index contributed by atoms with van der Waals surface area (Å²) in [6.07, 6.45) is 5.23. The summed E-state index contributed by atoms with van der Waals surface area (Å²) in [6.45, 7) is 4.47. The molecule has 0 aliphatic heterocycles. The monoisotopic (exact) mass is 243 g/mol. The molecule has 0 radical (unpaired) electrons. The average molecular weight is 243 g/mol. The summed E-state index contributed by atoms with van der Waals surface area (Å²) in [5, 5.41) is 4.02. The summed E-state index contributed by atoms with van der Waals surface area (Å²) in [5.74, 6) is 0.537. The Hall–Kier alpha value is -0.880. The molecule has 5 nitrogen and oxygen atoms in total. The third-order valence-electron chi connectivity index (χ3n) is 2.68. The molecule has 2 rings (SSSR count). The third-order valence-corrected chi connectivity index (χ3v) is 4.05. The first-order valence-electron chi connectivity index (χ1n) is 5.53. The molecular weight excluding hydrogens is 226 g/mol. The van der Waals surface area contributed by atoms with Crippen LogP contribution in [0.15, 0.2) is 17.3 Å². The lowest BCUT2D eigenvalue weighted by Crippen LogP contribution is -2.25. The molecule has 1 aromatic heterocycles. The number of nitrogens with zero attached hydrogens (tertiary/aromatic N) is 2. The quantitative estimate of drug-likeness (QED) is 0.843. The molecule has 0 unspecified atom stereocenters. The maximum atomic E-state index is 11.8. The van der Waals surface area contributed by atoms with Crippen LogP contribution in [0, 0.1) is 5.92 Å². The van der Waals surface area contributed by atoms with Gasteiger partial charge in [0.25, 0.3) is 0 Å². The van der Waals surface area contributed by atoms with E-state index >= 15 is 0 Å². The number of nitrogens with one attached hydrogen (secondary N) is 1.